The highest BCUT2D eigenvalue weighted by atomic mass is 16.3. The highest BCUT2D eigenvalue weighted by Crippen LogP contribution is 2.15. The van der Waals surface area contributed by atoms with E-state index < -0.39 is 18.4 Å². The van der Waals surface area contributed by atoms with Crippen molar-refractivity contribution in [3.05, 3.63) is 0 Å². The van der Waals surface area contributed by atoms with E-state index in [1.165, 1.54) is 0 Å². The molecular formula is C8H14N2O3. The largest absolute Gasteiger partial charge is 0.389 e. The van der Waals surface area contributed by atoms with Gasteiger partial charge in [0.15, 0.2) is 5.78 Å². The van der Waals surface area contributed by atoms with Gasteiger partial charge in [-0.15, -0.1) is 0 Å². The second-order valence-corrected chi connectivity index (χ2v) is 3.24. The summed E-state index contributed by atoms with van der Waals surface area (Å²) in [4.78, 5) is 22.0. The molecule has 0 aromatic rings. The summed E-state index contributed by atoms with van der Waals surface area (Å²) in [6.45, 7) is 0.110. The number of amides is 1. The molecule has 5 nitrogen and oxygen atoms in total. The van der Waals surface area contributed by atoms with E-state index in [4.69, 9.17) is 10.8 Å². The Bertz CT molecular complexity index is 217. The molecule has 0 aromatic carbocycles. The van der Waals surface area contributed by atoms with Crippen molar-refractivity contribution >= 4 is 11.7 Å². The fraction of sp³-hybridized carbons (Fsp3) is 0.750. The van der Waals surface area contributed by atoms with Gasteiger partial charge in [-0.25, -0.2) is 0 Å². The van der Waals surface area contributed by atoms with Crippen LogP contribution in [-0.4, -0.2) is 36.0 Å². The minimum absolute atomic E-state index is 0.0406. The zero-order valence-corrected chi connectivity index (χ0v) is 7.32. The van der Waals surface area contributed by atoms with Crippen LogP contribution in [0, 0.1) is 5.92 Å². The second kappa shape index (κ2) is 4.34. The zero-order valence-electron chi connectivity index (χ0n) is 7.32. The van der Waals surface area contributed by atoms with Gasteiger partial charge in [0.05, 0.1) is 6.04 Å². The van der Waals surface area contributed by atoms with E-state index in [-0.39, 0.29) is 11.8 Å². The van der Waals surface area contributed by atoms with Gasteiger partial charge in [-0.1, -0.05) is 0 Å². The first-order valence-electron chi connectivity index (χ1n) is 4.32. The van der Waals surface area contributed by atoms with E-state index in [1.54, 1.807) is 0 Å². The lowest BCUT2D eigenvalue weighted by atomic mass is 9.97. The third-order valence-corrected chi connectivity index (χ3v) is 2.27. The Hall–Kier alpha value is -0.940. The molecular weight excluding hydrogens is 172 g/mol. The van der Waals surface area contributed by atoms with E-state index in [1.807, 2.05) is 0 Å². The first kappa shape index (κ1) is 10.1. The average Bonchev–Trinajstić information content (AvgIpc) is 2.50. The number of carbonyl (C=O) groups is 2. The molecule has 0 aromatic heterocycles. The molecule has 1 saturated heterocycles. The average molecular weight is 186 g/mol. The zero-order chi connectivity index (χ0) is 9.84. The molecule has 0 spiro atoms. The number of aliphatic hydroxyl groups excluding tert-OH is 1. The molecule has 1 unspecified atom stereocenters. The van der Waals surface area contributed by atoms with Crippen molar-refractivity contribution in [2.24, 2.45) is 11.7 Å². The predicted octanol–water partition coefficient (Wildman–Crippen LogP) is -1.60. The lowest BCUT2D eigenvalue weighted by Gasteiger charge is -2.11. The Labute approximate surface area is 76.3 Å². The minimum atomic E-state index is -0.709. The molecule has 1 fully saturated rings. The molecule has 1 rings (SSSR count). The van der Waals surface area contributed by atoms with Gasteiger partial charge < -0.3 is 16.2 Å². The van der Waals surface area contributed by atoms with Gasteiger partial charge in [-0.2, -0.15) is 0 Å². The molecule has 1 heterocycles. The molecule has 1 aliphatic rings. The van der Waals surface area contributed by atoms with E-state index in [9.17, 15) is 9.59 Å². The van der Waals surface area contributed by atoms with Crippen LogP contribution in [-0.2, 0) is 9.59 Å². The SMILES string of the molecule is NC(C[C@@H]1CCNC1=O)C(=O)CO. The molecule has 0 bridgehead atoms. The fourth-order valence-electron chi connectivity index (χ4n) is 1.43. The van der Waals surface area contributed by atoms with Crippen molar-refractivity contribution < 1.29 is 14.7 Å². The number of ketones is 1. The summed E-state index contributed by atoms with van der Waals surface area (Å²) in [7, 11) is 0. The number of nitrogens with two attached hydrogens (primary N) is 1. The monoisotopic (exact) mass is 186 g/mol. The molecule has 0 radical (unpaired) electrons. The van der Waals surface area contributed by atoms with Crippen molar-refractivity contribution in [1.82, 2.24) is 5.32 Å². The van der Waals surface area contributed by atoms with Crippen LogP contribution in [0.15, 0.2) is 0 Å². The van der Waals surface area contributed by atoms with Crippen molar-refractivity contribution in [2.75, 3.05) is 13.2 Å². The topological polar surface area (TPSA) is 92.4 Å². The number of nitrogens with one attached hydrogen (secondary N) is 1. The Morgan fingerprint density at radius 2 is 2.46 bits per heavy atom. The second-order valence-electron chi connectivity index (χ2n) is 3.24. The van der Waals surface area contributed by atoms with Crippen LogP contribution in [0.4, 0.5) is 0 Å². The Kier molecular flexibility index (Phi) is 3.39. The number of rotatable bonds is 4. The van der Waals surface area contributed by atoms with Crippen molar-refractivity contribution in [2.45, 2.75) is 18.9 Å². The number of hydrogen-bond acceptors (Lipinski definition) is 4. The number of Topliss-reactive ketones (excluding diaryl/α,β-unsaturated/α-hetero) is 1. The molecule has 2 atom stereocenters. The first-order valence-corrected chi connectivity index (χ1v) is 4.32. The molecule has 0 aliphatic carbocycles. The predicted molar refractivity (Wildman–Crippen MR) is 45.8 cm³/mol. The maximum absolute atomic E-state index is 11.1. The van der Waals surface area contributed by atoms with Crippen molar-refractivity contribution in [3.63, 3.8) is 0 Å². The molecule has 0 saturated carbocycles. The Balaban J connectivity index is 2.39. The Morgan fingerprint density at radius 1 is 1.77 bits per heavy atom. The number of hydrogen-bond donors (Lipinski definition) is 3. The maximum Gasteiger partial charge on any atom is 0.223 e. The van der Waals surface area contributed by atoms with Crippen LogP contribution in [0.2, 0.25) is 0 Å². The number of aliphatic hydroxyl groups is 1. The molecule has 4 N–H and O–H groups in total. The third kappa shape index (κ3) is 2.50. The van der Waals surface area contributed by atoms with E-state index in [0.717, 1.165) is 6.42 Å². The van der Waals surface area contributed by atoms with Gasteiger partial charge in [0.2, 0.25) is 5.91 Å². The van der Waals surface area contributed by atoms with Gasteiger partial charge >= 0.3 is 0 Å². The smallest absolute Gasteiger partial charge is 0.223 e. The quantitative estimate of drug-likeness (QED) is 0.493. The molecule has 1 amide bonds. The normalized spacial score (nSPS) is 24.2. The summed E-state index contributed by atoms with van der Waals surface area (Å²) in [5.41, 5.74) is 5.48. The van der Waals surface area contributed by atoms with Gasteiger partial charge in [-0.05, 0) is 12.8 Å². The van der Waals surface area contributed by atoms with E-state index >= 15 is 0 Å². The van der Waals surface area contributed by atoms with Gasteiger partial charge in [0.1, 0.15) is 6.61 Å². The maximum atomic E-state index is 11.1. The molecule has 5 heteroatoms. The van der Waals surface area contributed by atoms with E-state index in [0.29, 0.717) is 13.0 Å². The molecule has 1 aliphatic heterocycles. The first-order chi connectivity index (χ1) is 6.15. The van der Waals surface area contributed by atoms with Crippen molar-refractivity contribution in [3.8, 4) is 0 Å². The number of carbonyl (C=O) groups excluding carboxylic acids is 2. The highest BCUT2D eigenvalue weighted by molar-refractivity contribution is 5.86. The summed E-state index contributed by atoms with van der Waals surface area (Å²) in [5, 5.41) is 11.2. The van der Waals surface area contributed by atoms with Gasteiger partial charge in [0.25, 0.3) is 0 Å². The molecule has 13 heavy (non-hydrogen) atoms. The van der Waals surface area contributed by atoms with Crippen LogP contribution in [0.5, 0.6) is 0 Å². The standard InChI is InChI=1S/C8H14N2O3/c9-6(7(12)4-11)3-5-1-2-10-8(5)13/h5-6,11H,1-4,9H2,(H,10,13)/t5-,6?/m0/s1. The lowest BCUT2D eigenvalue weighted by molar-refractivity contribution is -0.125. The van der Waals surface area contributed by atoms with E-state index in [2.05, 4.69) is 5.32 Å². The van der Waals surface area contributed by atoms with Crippen LogP contribution >= 0.6 is 0 Å². The summed E-state index contributed by atoms with van der Waals surface area (Å²) < 4.78 is 0. The minimum Gasteiger partial charge on any atom is -0.389 e. The lowest BCUT2D eigenvalue weighted by Crippen LogP contribution is -2.36. The van der Waals surface area contributed by atoms with Gasteiger partial charge in [0, 0.05) is 12.5 Å². The summed E-state index contributed by atoms with van der Waals surface area (Å²) in [6, 6.07) is -0.709. The summed E-state index contributed by atoms with van der Waals surface area (Å²) >= 11 is 0. The Morgan fingerprint density at radius 3 is 2.92 bits per heavy atom. The summed E-state index contributed by atoms with van der Waals surface area (Å²) in [5.74, 6) is -0.605. The van der Waals surface area contributed by atoms with Gasteiger partial charge in [-0.3, -0.25) is 9.59 Å². The van der Waals surface area contributed by atoms with Crippen LogP contribution < -0.4 is 11.1 Å². The van der Waals surface area contributed by atoms with Crippen molar-refractivity contribution in [1.29, 1.82) is 0 Å². The third-order valence-electron chi connectivity index (χ3n) is 2.27. The van der Waals surface area contributed by atoms with Crippen LogP contribution in [0.25, 0.3) is 0 Å². The summed E-state index contributed by atoms with van der Waals surface area (Å²) in [6.07, 6.45) is 1.07. The van der Waals surface area contributed by atoms with Crippen LogP contribution in [0.3, 0.4) is 0 Å². The highest BCUT2D eigenvalue weighted by Gasteiger charge is 2.27. The molecule has 74 valence electrons. The van der Waals surface area contributed by atoms with Crippen LogP contribution in [0.1, 0.15) is 12.8 Å². The fourth-order valence-corrected chi connectivity index (χ4v) is 1.43.